The summed E-state index contributed by atoms with van der Waals surface area (Å²) in [5, 5.41) is 2.79. The van der Waals surface area contributed by atoms with Crippen LogP contribution in [0.3, 0.4) is 0 Å². The van der Waals surface area contributed by atoms with E-state index in [2.05, 4.69) is 15.1 Å². The number of hydrogen-bond donors (Lipinski definition) is 1. The topological polar surface area (TPSA) is 98.5 Å². The molecule has 0 atom stereocenters. The monoisotopic (exact) mass is 341 g/mol. The smallest absolute Gasteiger partial charge is 0.312 e. The van der Waals surface area contributed by atoms with Gasteiger partial charge in [0.25, 0.3) is 15.2 Å². The summed E-state index contributed by atoms with van der Waals surface area (Å²) in [4.78, 5) is 7.08. The molecule has 3 aromatic rings. The number of ether oxygens (including phenoxy) is 1. The fourth-order valence-corrected chi connectivity index (χ4v) is 2.74. The summed E-state index contributed by atoms with van der Waals surface area (Å²) in [6.07, 6.45) is -0.0271. The molecule has 0 radical (unpaired) electrons. The number of benzene rings is 1. The van der Waals surface area contributed by atoms with Crippen molar-refractivity contribution in [3.63, 3.8) is 0 Å². The molecule has 0 amide bonds. The largest absolute Gasteiger partial charge is 0.491 e. The van der Waals surface area contributed by atoms with Gasteiger partial charge in [0.05, 0.1) is 19.0 Å². The molecular formula is C12H9F2N5O3S. The number of fused-ring (bicyclic) bond motifs is 1. The zero-order valence-electron chi connectivity index (χ0n) is 11.6. The lowest BCUT2D eigenvalue weighted by Gasteiger charge is -2.05. The first-order chi connectivity index (χ1) is 10.9. The number of rotatable bonds is 4. The van der Waals surface area contributed by atoms with Crippen LogP contribution < -0.4 is 9.46 Å². The molecule has 1 aromatic carbocycles. The van der Waals surface area contributed by atoms with Gasteiger partial charge in [-0.15, -0.1) is 5.10 Å². The van der Waals surface area contributed by atoms with Crippen molar-refractivity contribution in [1.29, 1.82) is 0 Å². The third-order valence-corrected chi connectivity index (χ3v) is 3.99. The average molecular weight is 341 g/mol. The maximum atomic E-state index is 13.6. The molecule has 0 saturated heterocycles. The van der Waals surface area contributed by atoms with E-state index in [4.69, 9.17) is 4.74 Å². The van der Waals surface area contributed by atoms with Gasteiger partial charge in [0.1, 0.15) is 5.82 Å². The average Bonchev–Trinajstić information content (AvgIpc) is 2.97. The summed E-state index contributed by atoms with van der Waals surface area (Å²) >= 11 is 0. The first kappa shape index (κ1) is 15.1. The minimum atomic E-state index is -4.32. The number of anilines is 1. The van der Waals surface area contributed by atoms with Crippen molar-refractivity contribution in [2.24, 2.45) is 0 Å². The van der Waals surface area contributed by atoms with Crippen molar-refractivity contribution in [3.05, 3.63) is 42.4 Å². The third kappa shape index (κ3) is 2.65. The van der Waals surface area contributed by atoms with Gasteiger partial charge in [-0.25, -0.2) is 9.37 Å². The van der Waals surface area contributed by atoms with Crippen molar-refractivity contribution < 1.29 is 21.9 Å². The van der Waals surface area contributed by atoms with Crippen LogP contribution in [0.15, 0.2) is 35.6 Å². The molecule has 8 nitrogen and oxygen atoms in total. The Balaban J connectivity index is 2.09. The number of nitrogens with zero attached hydrogens (tertiary/aromatic N) is 4. The number of methoxy groups -OCH3 is 1. The Kier molecular flexibility index (Phi) is 3.56. The van der Waals surface area contributed by atoms with Gasteiger partial charge in [-0.2, -0.15) is 22.3 Å². The Morgan fingerprint density at radius 1 is 1.26 bits per heavy atom. The van der Waals surface area contributed by atoms with Gasteiger partial charge in [-0.1, -0.05) is 12.1 Å². The first-order valence-corrected chi connectivity index (χ1v) is 7.63. The van der Waals surface area contributed by atoms with Crippen LogP contribution in [0.2, 0.25) is 0 Å². The van der Waals surface area contributed by atoms with Crippen molar-refractivity contribution in [2.75, 3.05) is 11.8 Å². The molecule has 3 rings (SSSR count). The minimum absolute atomic E-state index is 0.0336. The van der Waals surface area contributed by atoms with Crippen molar-refractivity contribution in [1.82, 2.24) is 19.6 Å². The van der Waals surface area contributed by atoms with E-state index in [-0.39, 0.29) is 17.1 Å². The SMILES string of the molecule is COc1cnc(F)n2nc(S(=O)(=O)Nc3ccccc3F)nc12. The fraction of sp³-hybridized carbons (Fsp3) is 0.0833. The molecule has 0 saturated carbocycles. The van der Waals surface area contributed by atoms with Gasteiger partial charge in [0.2, 0.25) is 5.65 Å². The Hall–Kier alpha value is -2.82. The second kappa shape index (κ2) is 5.43. The highest BCUT2D eigenvalue weighted by Crippen LogP contribution is 2.21. The zero-order chi connectivity index (χ0) is 16.6. The van der Waals surface area contributed by atoms with Gasteiger partial charge < -0.3 is 4.74 Å². The summed E-state index contributed by atoms with van der Waals surface area (Å²) in [5.41, 5.74) is -0.453. The predicted octanol–water partition coefficient (Wildman–Crippen LogP) is 1.21. The maximum Gasteiger partial charge on any atom is 0.312 e. The molecule has 0 aliphatic rings. The number of para-hydroxylation sites is 1. The summed E-state index contributed by atoms with van der Waals surface area (Å²) in [6, 6.07) is 5.17. The molecule has 0 bridgehead atoms. The number of sulfonamides is 1. The zero-order valence-corrected chi connectivity index (χ0v) is 12.4. The molecule has 1 N–H and O–H groups in total. The predicted molar refractivity (Wildman–Crippen MR) is 74.5 cm³/mol. The van der Waals surface area contributed by atoms with Gasteiger partial charge >= 0.3 is 6.08 Å². The van der Waals surface area contributed by atoms with Gasteiger partial charge in [-0.3, -0.25) is 4.72 Å². The van der Waals surface area contributed by atoms with Crippen LogP contribution in [0.4, 0.5) is 14.5 Å². The van der Waals surface area contributed by atoms with Crippen LogP contribution in [-0.2, 0) is 10.0 Å². The van der Waals surface area contributed by atoms with E-state index < -0.39 is 27.1 Å². The van der Waals surface area contributed by atoms with Crippen molar-refractivity contribution in [2.45, 2.75) is 5.16 Å². The second-order valence-corrected chi connectivity index (χ2v) is 5.89. The molecule has 2 heterocycles. The highest BCUT2D eigenvalue weighted by molar-refractivity contribution is 7.92. The van der Waals surface area contributed by atoms with Crippen molar-refractivity contribution in [3.8, 4) is 5.75 Å². The minimum Gasteiger partial charge on any atom is -0.491 e. The molecular weight excluding hydrogens is 332 g/mol. The molecule has 2 aromatic heterocycles. The summed E-state index contributed by atoms with van der Waals surface area (Å²) < 4.78 is 59.1. The maximum absolute atomic E-state index is 13.6. The van der Waals surface area contributed by atoms with Crippen LogP contribution in [0.25, 0.3) is 5.65 Å². The van der Waals surface area contributed by atoms with Crippen LogP contribution in [-0.4, -0.2) is 35.1 Å². The lowest BCUT2D eigenvalue weighted by molar-refractivity contribution is 0.405. The molecule has 0 unspecified atom stereocenters. The van der Waals surface area contributed by atoms with E-state index in [9.17, 15) is 17.2 Å². The van der Waals surface area contributed by atoms with Gasteiger partial charge in [0, 0.05) is 0 Å². The standard InChI is InChI=1S/C12H9F2N5O3S/c1-22-9-6-15-11(14)19-10(9)16-12(17-19)23(20,21)18-8-5-3-2-4-7(8)13/h2-6,18H,1H3. The van der Waals surface area contributed by atoms with Gasteiger partial charge in [0.15, 0.2) is 5.75 Å². The normalized spacial score (nSPS) is 11.6. The Bertz CT molecular complexity index is 990. The Morgan fingerprint density at radius 3 is 2.70 bits per heavy atom. The summed E-state index contributed by atoms with van der Waals surface area (Å²) in [7, 11) is -3.04. The quantitative estimate of drug-likeness (QED) is 0.716. The first-order valence-electron chi connectivity index (χ1n) is 6.15. The molecule has 0 aliphatic heterocycles. The lowest BCUT2D eigenvalue weighted by atomic mass is 10.3. The van der Waals surface area contributed by atoms with Gasteiger partial charge in [-0.05, 0) is 12.1 Å². The number of hydrogen-bond acceptors (Lipinski definition) is 6. The highest BCUT2D eigenvalue weighted by Gasteiger charge is 2.24. The fourth-order valence-electron chi connectivity index (χ4n) is 1.80. The van der Waals surface area contributed by atoms with Crippen LogP contribution >= 0.6 is 0 Å². The molecule has 0 aliphatic carbocycles. The molecule has 0 fully saturated rings. The van der Waals surface area contributed by atoms with Crippen LogP contribution in [0.5, 0.6) is 5.75 Å². The highest BCUT2D eigenvalue weighted by atomic mass is 32.2. The summed E-state index contributed by atoms with van der Waals surface area (Å²) in [6.45, 7) is 0. The Morgan fingerprint density at radius 2 is 2.00 bits per heavy atom. The van der Waals surface area contributed by atoms with E-state index in [0.29, 0.717) is 4.52 Å². The molecule has 0 spiro atoms. The Labute approximate surface area is 128 Å². The molecule has 120 valence electrons. The number of nitrogens with one attached hydrogen (secondary N) is 1. The number of halogens is 2. The van der Waals surface area contributed by atoms with Crippen molar-refractivity contribution >= 4 is 21.4 Å². The van der Waals surface area contributed by atoms with E-state index >= 15 is 0 Å². The summed E-state index contributed by atoms with van der Waals surface area (Å²) in [5.74, 6) is -0.739. The van der Waals surface area contributed by atoms with E-state index in [1.165, 1.54) is 25.3 Å². The molecule has 23 heavy (non-hydrogen) atoms. The number of aromatic nitrogens is 4. The third-order valence-electron chi connectivity index (χ3n) is 2.85. The van der Waals surface area contributed by atoms with E-state index in [1.807, 2.05) is 4.72 Å². The van der Waals surface area contributed by atoms with E-state index in [0.717, 1.165) is 12.3 Å². The second-order valence-electron chi connectivity index (χ2n) is 4.31. The van der Waals surface area contributed by atoms with Crippen LogP contribution in [0, 0.1) is 11.9 Å². The lowest BCUT2D eigenvalue weighted by Crippen LogP contribution is -2.15. The molecule has 11 heteroatoms. The van der Waals surface area contributed by atoms with Crippen LogP contribution in [0.1, 0.15) is 0 Å². The van der Waals surface area contributed by atoms with E-state index in [1.54, 1.807) is 0 Å².